The first kappa shape index (κ1) is 14.0. The summed E-state index contributed by atoms with van der Waals surface area (Å²) in [6.07, 6.45) is 2.86. The number of amides is 1. The van der Waals surface area contributed by atoms with Crippen LogP contribution in [-0.2, 0) is 4.79 Å². The minimum absolute atomic E-state index is 0.168. The van der Waals surface area contributed by atoms with Gasteiger partial charge in [0, 0.05) is 0 Å². The molecule has 1 amide bonds. The smallest absolute Gasteiger partial charge is 0.244 e. The minimum Gasteiger partial charge on any atom is -0.492 e. The molecule has 1 N–H and O–H groups in total. The van der Waals surface area contributed by atoms with Crippen LogP contribution in [-0.4, -0.2) is 33.8 Å². The first-order chi connectivity index (χ1) is 9.66. The van der Waals surface area contributed by atoms with E-state index < -0.39 is 6.04 Å². The SMILES string of the molecule is C[C@H](C(=O)NCCOc1ccc(F)cc1)n1cncn1. The Kier molecular flexibility index (Phi) is 4.65. The Bertz CT molecular complexity index is 542. The van der Waals surface area contributed by atoms with Crippen LogP contribution in [0.3, 0.4) is 0 Å². The molecule has 0 fully saturated rings. The van der Waals surface area contributed by atoms with Crippen LogP contribution in [0.15, 0.2) is 36.9 Å². The number of nitrogens with zero attached hydrogens (tertiary/aromatic N) is 3. The van der Waals surface area contributed by atoms with E-state index in [1.165, 1.54) is 41.6 Å². The van der Waals surface area contributed by atoms with Crippen LogP contribution in [0.4, 0.5) is 4.39 Å². The lowest BCUT2D eigenvalue weighted by Gasteiger charge is -2.12. The van der Waals surface area contributed by atoms with Crippen molar-refractivity contribution in [1.29, 1.82) is 0 Å². The lowest BCUT2D eigenvalue weighted by atomic mass is 10.3. The van der Waals surface area contributed by atoms with Crippen LogP contribution < -0.4 is 10.1 Å². The van der Waals surface area contributed by atoms with Crippen LogP contribution in [0.25, 0.3) is 0 Å². The summed E-state index contributed by atoms with van der Waals surface area (Å²) in [7, 11) is 0. The van der Waals surface area contributed by atoms with Crippen molar-refractivity contribution in [2.45, 2.75) is 13.0 Å². The molecule has 1 aromatic heterocycles. The highest BCUT2D eigenvalue weighted by atomic mass is 19.1. The Morgan fingerprint density at radius 1 is 1.45 bits per heavy atom. The lowest BCUT2D eigenvalue weighted by Crippen LogP contribution is -2.34. The highest BCUT2D eigenvalue weighted by Crippen LogP contribution is 2.10. The van der Waals surface area contributed by atoms with Crippen molar-refractivity contribution in [3.8, 4) is 5.75 Å². The summed E-state index contributed by atoms with van der Waals surface area (Å²) in [5.74, 6) is 0.0792. The third kappa shape index (κ3) is 3.78. The quantitative estimate of drug-likeness (QED) is 0.805. The summed E-state index contributed by atoms with van der Waals surface area (Å²) >= 11 is 0. The number of rotatable bonds is 6. The second-order valence-electron chi connectivity index (χ2n) is 4.14. The van der Waals surface area contributed by atoms with Gasteiger partial charge in [0.25, 0.3) is 0 Å². The molecule has 2 aromatic rings. The second-order valence-corrected chi connectivity index (χ2v) is 4.14. The van der Waals surface area contributed by atoms with Gasteiger partial charge in [-0.1, -0.05) is 0 Å². The summed E-state index contributed by atoms with van der Waals surface area (Å²) in [6, 6.07) is 5.29. The number of nitrogens with one attached hydrogen (secondary N) is 1. The molecule has 1 aromatic carbocycles. The van der Waals surface area contributed by atoms with E-state index in [0.29, 0.717) is 18.9 Å². The van der Waals surface area contributed by atoms with E-state index in [1.54, 1.807) is 6.92 Å². The number of hydrogen-bond acceptors (Lipinski definition) is 4. The Hall–Kier alpha value is -2.44. The van der Waals surface area contributed by atoms with E-state index >= 15 is 0 Å². The van der Waals surface area contributed by atoms with Gasteiger partial charge < -0.3 is 10.1 Å². The van der Waals surface area contributed by atoms with E-state index in [9.17, 15) is 9.18 Å². The van der Waals surface area contributed by atoms with Gasteiger partial charge in [0.1, 0.15) is 36.9 Å². The molecule has 0 aliphatic heterocycles. The van der Waals surface area contributed by atoms with Crippen molar-refractivity contribution in [1.82, 2.24) is 20.1 Å². The first-order valence-electron chi connectivity index (χ1n) is 6.17. The fraction of sp³-hybridized carbons (Fsp3) is 0.308. The average Bonchev–Trinajstić information content (AvgIpc) is 2.98. The minimum atomic E-state index is -0.427. The van der Waals surface area contributed by atoms with Crippen molar-refractivity contribution >= 4 is 5.91 Å². The van der Waals surface area contributed by atoms with Crippen LogP contribution in [0.5, 0.6) is 5.75 Å². The molecule has 0 radical (unpaired) electrons. The van der Waals surface area contributed by atoms with E-state index in [-0.39, 0.29) is 11.7 Å². The van der Waals surface area contributed by atoms with Gasteiger partial charge in [0.05, 0.1) is 6.54 Å². The predicted molar refractivity (Wildman–Crippen MR) is 69.6 cm³/mol. The molecule has 7 heteroatoms. The maximum absolute atomic E-state index is 12.7. The van der Waals surface area contributed by atoms with Gasteiger partial charge >= 0.3 is 0 Å². The third-order valence-electron chi connectivity index (χ3n) is 2.70. The number of carbonyl (C=O) groups excluding carboxylic acids is 1. The van der Waals surface area contributed by atoms with Gasteiger partial charge in [-0.3, -0.25) is 4.79 Å². The normalized spacial score (nSPS) is 11.9. The molecule has 20 heavy (non-hydrogen) atoms. The number of carbonyl (C=O) groups is 1. The number of hydrogen-bond donors (Lipinski definition) is 1. The summed E-state index contributed by atoms with van der Waals surface area (Å²) in [6.45, 7) is 2.39. The molecule has 2 rings (SSSR count). The molecule has 0 aliphatic rings. The van der Waals surface area contributed by atoms with E-state index in [2.05, 4.69) is 15.4 Å². The molecule has 0 bridgehead atoms. The number of benzene rings is 1. The molecule has 1 heterocycles. The average molecular weight is 278 g/mol. The zero-order chi connectivity index (χ0) is 14.4. The Labute approximate surface area is 115 Å². The van der Waals surface area contributed by atoms with E-state index in [0.717, 1.165) is 0 Å². The summed E-state index contributed by atoms with van der Waals surface area (Å²) in [5.41, 5.74) is 0. The number of ether oxygens (including phenoxy) is 1. The van der Waals surface area contributed by atoms with Gasteiger partial charge in [-0.05, 0) is 31.2 Å². The zero-order valence-electron chi connectivity index (χ0n) is 11.0. The van der Waals surface area contributed by atoms with Crippen molar-refractivity contribution in [2.24, 2.45) is 0 Å². The molecule has 106 valence electrons. The predicted octanol–water partition coefficient (Wildman–Crippen LogP) is 1.17. The standard InChI is InChI=1S/C13H15FN4O2/c1-10(18-9-15-8-17-18)13(19)16-6-7-20-12-4-2-11(14)3-5-12/h2-5,8-10H,6-7H2,1H3,(H,16,19)/t10-/m1/s1. The van der Waals surface area contributed by atoms with Gasteiger partial charge in [-0.25, -0.2) is 14.1 Å². The van der Waals surface area contributed by atoms with Crippen LogP contribution in [0.2, 0.25) is 0 Å². The molecule has 0 saturated carbocycles. The zero-order valence-corrected chi connectivity index (χ0v) is 11.0. The van der Waals surface area contributed by atoms with Gasteiger partial charge in [0.15, 0.2) is 0 Å². The van der Waals surface area contributed by atoms with Gasteiger partial charge in [0.2, 0.25) is 5.91 Å². The Balaban J connectivity index is 1.70. The maximum Gasteiger partial charge on any atom is 0.244 e. The van der Waals surface area contributed by atoms with Crippen LogP contribution in [0, 0.1) is 5.82 Å². The first-order valence-corrected chi connectivity index (χ1v) is 6.17. The third-order valence-corrected chi connectivity index (χ3v) is 2.70. The number of aromatic nitrogens is 3. The fourth-order valence-electron chi connectivity index (χ4n) is 1.56. The Morgan fingerprint density at radius 2 is 2.20 bits per heavy atom. The van der Waals surface area contributed by atoms with Gasteiger partial charge in [-0.2, -0.15) is 5.10 Å². The lowest BCUT2D eigenvalue weighted by molar-refractivity contribution is -0.124. The van der Waals surface area contributed by atoms with E-state index in [4.69, 9.17) is 4.74 Å². The van der Waals surface area contributed by atoms with Crippen molar-refractivity contribution in [2.75, 3.05) is 13.2 Å². The summed E-state index contributed by atoms with van der Waals surface area (Å²) < 4.78 is 19.5. The molecular formula is C13H15FN4O2. The molecule has 1 atom stereocenters. The highest BCUT2D eigenvalue weighted by molar-refractivity contribution is 5.79. The molecule has 0 spiro atoms. The molecule has 0 unspecified atom stereocenters. The molecular weight excluding hydrogens is 263 g/mol. The molecule has 0 aliphatic carbocycles. The maximum atomic E-state index is 12.7. The highest BCUT2D eigenvalue weighted by Gasteiger charge is 2.14. The van der Waals surface area contributed by atoms with Crippen LogP contribution in [0.1, 0.15) is 13.0 Å². The van der Waals surface area contributed by atoms with Crippen molar-refractivity contribution in [3.63, 3.8) is 0 Å². The monoisotopic (exact) mass is 278 g/mol. The fourth-order valence-corrected chi connectivity index (χ4v) is 1.56. The summed E-state index contributed by atoms with van der Waals surface area (Å²) in [5, 5.41) is 6.62. The topological polar surface area (TPSA) is 69.0 Å². The second kappa shape index (κ2) is 6.65. The molecule has 6 nitrogen and oxygen atoms in total. The largest absolute Gasteiger partial charge is 0.492 e. The van der Waals surface area contributed by atoms with E-state index in [1.807, 2.05) is 0 Å². The Morgan fingerprint density at radius 3 is 2.85 bits per heavy atom. The van der Waals surface area contributed by atoms with Crippen LogP contribution >= 0.6 is 0 Å². The van der Waals surface area contributed by atoms with Gasteiger partial charge in [-0.15, -0.1) is 0 Å². The van der Waals surface area contributed by atoms with Crippen molar-refractivity contribution in [3.05, 3.63) is 42.7 Å². The molecule has 0 saturated heterocycles. The van der Waals surface area contributed by atoms with Crippen molar-refractivity contribution < 1.29 is 13.9 Å². The number of halogens is 1. The summed E-state index contributed by atoms with van der Waals surface area (Å²) in [4.78, 5) is 15.6.